The first-order valence-electron chi connectivity index (χ1n) is 9.76. The first-order chi connectivity index (χ1) is 14.0. The van der Waals surface area contributed by atoms with Gasteiger partial charge in [-0.2, -0.15) is 0 Å². The summed E-state index contributed by atoms with van der Waals surface area (Å²) in [5.74, 6) is 3.00. The number of rotatable bonds is 10. The van der Waals surface area contributed by atoms with Gasteiger partial charge < -0.3 is 24.8 Å². The molecular weight excluding hydrogens is 388 g/mol. The Morgan fingerprint density at radius 1 is 1.03 bits per heavy atom. The van der Waals surface area contributed by atoms with Crippen molar-refractivity contribution in [2.24, 2.45) is 4.99 Å². The van der Waals surface area contributed by atoms with Crippen molar-refractivity contribution in [3.05, 3.63) is 33.3 Å². The summed E-state index contributed by atoms with van der Waals surface area (Å²) in [6.07, 6.45) is 1.57. The van der Waals surface area contributed by atoms with Crippen LogP contribution in [-0.2, 0) is 12.8 Å². The highest BCUT2D eigenvalue weighted by Gasteiger charge is 2.13. The zero-order valence-corrected chi connectivity index (χ0v) is 19.0. The number of aromatic nitrogens is 1. The Labute approximate surface area is 177 Å². The monoisotopic (exact) mass is 420 g/mol. The van der Waals surface area contributed by atoms with Crippen LogP contribution in [0.5, 0.6) is 17.2 Å². The van der Waals surface area contributed by atoms with Crippen molar-refractivity contribution in [1.29, 1.82) is 0 Å². The fourth-order valence-corrected chi connectivity index (χ4v) is 3.80. The van der Waals surface area contributed by atoms with Crippen molar-refractivity contribution in [1.82, 2.24) is 15.6 Å². The number of benzene rings is 1. The van der Waals surface area contributed by atoms with Gasteiger partial charge in [-0.3, -0.25) is 4.99 Å². The standard InChI is InChI=1S/C21H32N4O3S/c1-7-22-21(24-11-9-20-25-14(2)15(3)29-20)23-10-8-17-18(27-5)12-16(26-4)13-19(17)28-6/h12-13H,7-11H2,1-6H3,(H2,22,23,24). The van der Waals surface area contributed by atoms with Gasteiger partial charge in [0.05, 0.1) is 32.0 Å². The molecule has 0 fully saturated rings. The minimum absolute atomic E-state index is 0.691. The van der Waals surface area contributed by atoms with E-state index in [1.807, 2.05) is 19.1 Å². The minimum Gasteiger partial charge on any atom is -0.496 e. The molecule has 0 unspecified atom stereocenters. The smallest absolute Gasteiger partial charge is 0.191 e. The lowest BCUT2D eigenvalue weighted by molar-refractivity contribution is 0.368. The van der Waals surface area contributed by atoms with Crippen LogP contribution in [0.2, 0.25) is 0 Å². The lowest BCUT2D eigenvalue weighted by atomic mass is 10.1. The van der Waals surface area contributed by atoms with Crippen LogP contribution in [0.25, 0.3) is 0 Å². The third kappa shape index (κ3) is 6.52. The molecule has 2 aromatic rings. The molecule has 1 aromatic carbocycles. The summed E-state index contributed by atoms with van der Waals surface area (Å²) in [6, 6.07) is 3.74. The van der Waals surface area contributed by atoms with Crippen LogP contribution in [0.1, 0.15) is 28.1 Å². The van der Waals surface area contributed by atoms with Gasteiger partial charge in [-0.25, -0.2) is 4.98 Å². The van der Waals surface area contributed by atoms with Crippen molar-refractivity contribution in [3.8, 4) is 17.2 Å². The van der Waals surface area contributed by atoms with Gasteiger partial charge in [-0.1, -0.05) is 0 Å². The predicted octanol–water partition coefficient (Wildman–Crippen LogP) is 3.13. The first kappa shape index (κ1) is 22.8. The van der Waals surface area contributed by atoms with Crippen LogP contribution < -0.4 is 24.8 Å². The topological polar surface area (TPSA) is 77.0 Å². The van der Waals surface area contributed by atoms with E-state index >= 15 is 0 Å². The number of hydrogen-bond acceptors (Lipinski definition) is 6. The van der Waals surface area contributed by atoms with Crippen molar-refractivity contribution in [2.45, 2.75) is 33.6 Å². The molecule has 2 N–H and O–H groups in total. The van der Waals surface area contributed by atoms with E-state index in [0.29, 0.717) is 18.8 Å². The summed E-state index contributed by atoms with van der Waals surface area (Å²) in [7, 11) is 4.93. The Bertz CT molecular complexity index is 776. The lowest BCUT2D eigenvalue weighted by Gasteiger charge is -2.16. The molecular formula is C21H32N4O3S. The summed E-state index contributed by atoms with van der Waals surface area (Å²) in [6.45, 7) is 8.40. The van der Waals surface area contributed by atoms with Gasteiger partial charge in [0, 0.05) is 48.6 Å². The Morgan fingerprint density at radius 2 is 1.72 bits per heavy atom. The van der Waals surface area contributed by atoms with Crippen molar-refractivity contribution >= 4 is 17.3 Å². The predicted molar refractivity (Wildman–Crippen MR) is 119 cm³/mol. The van der Waals surface area contributed by atoms with Crippen molar-refractivity contribution in [3.63, 3.8) is 0 Å². The zero-order chi connectivity index (χ0) is 21.2. The largest absolute Gasteiger partial charge is 0.496 e. The molecule has 0 spiro atoms. The van der Waals surface area contributed by atoms with Gasteiger partial charge >= 0.3 is 0 Å². The molecule has 0 aliphatic rings. The van der Waals surface area contributed by atoms with E-state index in [1.54, 1.807) is 32.7 Å². The SMILES string of the molecule is CCNC(=NCCc1nc(C)c(C)s1)NCCc1c(OC)cc(OC)cc1OC. The highest BCUT2D eigenvalue weighted by Crippen LogP contribution is 2.34. The molecule has 0 bridgehead atoms. The number of aryl methyl sites for hydroxylation is 2. The fraction of sp³-hybridized carbons (Fsp3) is 0.524. The van der Waals surface area contributed by atoms with Gasteiger partial charge in [0.25, 0.3) is 0 Å². The van der Waals surface area contributed by atoms with E-state index in [2.05, 4.69) is 34.5 Å². The summed E-state index contributed by atoms with van der Waals surface area (Å²) < 4.78 is 16.4. The number of nitrogens with one attached hydrogen (secondary N) is 2. The van der Waals surface area contributed by atoms with E-state index in [1.165, 1.54) is 4.88 Å². The zero-order valence-electron chi connectivity index (χ0n) is 18.2. The number of nitrogens with zero attached hydrogens (tertiary/aromatic N) is 2. The van der Waals surface area contributed by atoms with Crippen molar-refractivity contribution < 1.29 is 14.2 Å². The number of guanidine groups is 1. The molecule has 8 heteroatoms. The van der Waals surface area contributed by atoms with E-state index in [0.717, 1.165) is 53.1 Å². The van der Waals surface area contributed by atoms with Gasteiger partial charge in [0.1, 0.15) is 17.2 Å². The van der Waals surface area contributed by atoms with Crippen LogP contribution in [0, 0.1) is 13.8 Å². The molecule has 0 radical (unpaired) electrons. The number of ether oxygens (including phenoxy) is 3. The molecule has 0 saturated carbocycles. The van der Waals surface area contributed by atoms with E-state index in [9.17, 15) is 0 Å². The molecule has 7 nitrogen and oxygen atoms in total. The Hall–Kier alpha value is -2.48. The second-order valence-electron chi connectivity index (χ2n) is 6.45. The Kier molecular flexibility index (Phi) is 9.05. The maximum Gasteiger partial charge on any atom is 0.191 e. The van der Waals surface area contributed by atoms with Crippen LogP contribution in [-0.4, -0.2) is 51.9 Å². The minimum atomic E-state index is 0.691. The molecule has 0 aliphatic heterocycles. The number of methoxy groups -OCH3 is 3. The summed E-state index contributed by atoms with van der Waals surface area (Å²) in [5.41, 5.74) is 2.11. The summed E-state index contributed by atoms with van der Waals surface area (Å²) in [5, 5.41) is 7.80. The number of hydrogen-bond donors (Lipinski definition) is 2. The van der Waals surface area contributed by atoms with Crippen LogP contribution in [0.3, 0.4) is 0 Å². The third-order valence-corrected chi connectivity index (χ3v) is 5.63. The van der Waals surface area contributed by atoms with Crippen LogP contribution in [0.4, 0.5) is 0 Å². The average molecular weight is 421 g/mol. The van der Waals surface area contributed by atoms with Crippen molar-refractivity contribution in [2.75, 3.05) is 41.0 Å². The molecule has 29 heavy (non-hydrogen) atoms. The van der Waals surface area contributed by atoms with Gasteiger partial charge in [-0.05, 0) is 27.2 Å². The molecule has 0 aliphatic carbocycles. The van der Waals surface area contributed by atoms with E-state index in [4.69, 9.17) is 14.2 Å². The highest BCUT2D eigenvalue weighted by molar-refractivity contribution is 7.11. The summed E-state index contributed by atoms with van der Waals surface area (Å²) in [4.78, 5) is 10.5. The quantitative estimate of drug-likeness (QED) is 0.454. The number of aliphatic imine (C=N–C) groups is 1. The molecule has 160 valence electrons. The Morgan fingerprint density at radius 3 is 2.24 bits per heavy atom. The maximum absolute atomic E-state index is 5.52. The average Bonchev–Trinajstić information content (AvgIpc) is 3.04. The van der Waals surface area contributed by atoms with E-state index in [-0.39, 0.29) is 0 Å². The van der Waals surface area contributed by atoms with Crippen LogP contribution in [0.15, 0.2) is 17.1 Å². The number of thiazole rings is 1. The second kappa shape index (κ2) is 11.5. The first-order valence-corrected chi connectivity index (χ1v) is 10.6. The fourth-order valence-electron chi connectivity index (χ4n) is 2.88. The molecule has 0 saturated heterocycles. The maximum atomic E-state index is 5.52. The van der Waals surface area contributed by atoms with Crippen LogP contribution >= 0.6 is 11.3 Å². The van der Waals surface area contributed by atoms with Gasteiger partial charge in [0.2, 0.25) is 0 Å². The lowest BCUT2D eigenvalue weighted by Crippen LogP contribution is -2.38. The van der Waals surface area contributed by atoms with Gasteiger partial charge in [0.15, 0.2) is 5.96 Å². The third-order valence-electron chi connectivity index (χ3n) is 4.50. The highest BCUT2D eigenvalue weighted by atomic mass is 32.1. The van der Waals surface area contributed by atoms with E-state index < -0.39 is 0 Å². The van der Waals surface area contributed by atoms with Gasteiger partial charge in [-0.15, -0.1) is 11.3 Å². The summed E-state index contributed by atoms with van der Waals surface area (Å²) >= 11 is 1.75. The second-order valence-corrected chi connectivity index (χ2v) is 7.73. The molecule has 1 heterocycles. The molecule has 0 amide bonds. The Balaban J connectivity index is 1.98. The molecule has 1 aromatic heterocycles. The molecule has 2 rings (SSSR count). The normalized spacial score (nSPS) is 11.3. The molecule has 0 atom stereocenters.